The molecule has 1 N–H and O–H groups in total. The van der Waals surface area contributed by atoms with Crippen molar-refractivity contribution >= 4 is 22.9 Å². The Morgan fingerprint density at radius 2 is 2.00 bits per heavy atom. The van der Waals surface area contributed by atoms with Crippen LogP contribution in [0.2, 0.25) is 0 Å². The molecule has 21 heavy (non-hydrogen) atoms. The van der Waals surface area contributed by atoms with Gasteiger partial charge in [-0.05, 0) is 41.6 Å². The number of nitrogens with zero attached hydrogens (tertiary/aromatic N) is 1. The molecule has 0 saturated heterocycles. The van der Waals surface area contributed by atoms with Gasteiger partial charge >= 0.3 is 0 Å². The minimum absolute atomic E-state index is 0.00822. The zero-order chi connectivity index (χ0) is 15.4. The largest absolute Gasteiger partial charge is 0.322 e. The van der Waals surface area contributed by atoms with Crippen molar-refractivity contribution in [2.24, 2.45) is 0 Å². The van der Waals surface area contributed by atoms with Crippen LogP contribution < -0.4 is 5.32 Å². The molecular formula is C14H13F3N2OS. The number of hydrogen-bond acceptors (Lipinski definition) is 3. The molecule has 0 aliphatic heterocycles. The van der Waals surface area contributed by atoms with Crippen LogP contribution in [-0.2, 0) is 11.3 Å². The lowest BCUT2D eigenvalue weighted by Gasteiger charge is -2.15. The van der Waals surface area contributed by atoms with Crippen LogP contribution in [0.15, 0.2) is 29.0 Å². The number of likely N-dealkylation sites (N-methyl/N-ethyl adjacent to an activating group) is 1. The van der Waals surface area contributed by atoms with E-state index in [1.807, 2.05) is 16.8 Å². The van der Waals surface area contributed by atoms with Crippen LogP contribution in [-0.4, -0.2) is 24.4 Å². The van der Waals surface area contributed by atoms with E-state index in [9.17, 15) is 18.0 Å². The summed E-state index contributed by atoms with van der Waals surface area (Å²) in [7, 11) is 1.73. The average Bonchev–Trinajstić information content (AvgIpc) is 2.92. The molecule has 0 saturated carbocycles. The smallest absolute Gasteiger partial charge is 0.238 e. The third-order valence-corrected chi connectivity index (χ3v) is 3.49. The second-order valence-electron chi connectivity index (χ2n) is 4.57. The van der Waals surface area contributed by atoms with Crippen LogP contribution in [0.3, 0.4) is 0 Å². The van der Waals surface area contributed by atoms with Crippen LogP contribution in [0.25, 0.3) is 0 Å². The van der Waals surface area contributed by atoms with E-state index in [1.54, 1.807) is 23.3 Å². The number of anilines is 1. The van der Waals surface area contributed by atoms with Crippen LogP contribution in [0.5, 0.6) is 0 Å². The number of hydrogen-bond donors (Lipinski definition) is 1. The number of amides is 1. The number of benzene rings is 1. The SMILES string of the molecule is CN(CC(=O)Nc1ccc(F)c(F)c1F)Cc1ccsc1. The Bertz CT molecular complexity index is 631. The monoisotopic (exact) mass is 314 g/mol. The van der Waals surface area contributed by atoms with Crippen LogP contribution in [0.4, 0.5) is 18.9 Å². The number of carbonyl (C=O) groups is 1. The topological polar surface area (TPSA) is 32.3 Å². The van der Waals surface area contributed by atoms with E-state index in [-0.39, 0.29) is 12.2 Å². The molecule has 112 valence electrons. The normalized spacial score (nSPS) is 10.9. The van der Waals surface area contributed by atoms with E-state index in [2.05, 4.69) is 5.32 Å². The minimum Gasteiger partial charge on any atom is -0.322 e. The van der Waals surface area contributed by atoms with Crippen molar-refractivity contribution < 1.29 is 18.0 Å². The highest BCUT2D eigenvalue weighted by Gasteiger charge is 2.16. The molecule has 2 rings (SSSR count). The molecule has 1 aromatic heterocycles. The predicted octanol–water partition coefficient (Wildman–Crippen LogP) is 3.24. The number of nitrogens with one attached hydrogen (secondary N) is 1. The summed E-state index contributed by atoms with van der Waals surface area (Å²) in [5, 5.41) is 6.12. The van der Waals surface area contributed by atoms with E-state index in [4.69, 9.17) is 0 Å². The van der Waals surface area contributed by atoms with Gasteiger partial charge in [0, 0.05) is 6.54 Å². The summed E-state index contributed by atoms with van der Waals surface area (Å²) in [6.45, 7) is 0.575. The standard InChI is InChI=1S/C14H13F3N2OS/c1-19(6-9-4-5-21-8-9)7-12(20)18-11-3-2-10(15)13(16)14(11)17/h2-5,8H,6-7H2,1H3,(H,18,20). The maximum Gasteiger partial charge on any atom is 0.238 e. The fraction of sp³-hybridized carbons (Fsp3) is 0.214. The molecule has 0 bridgehead atoms. The van der Waals surface area contributed by atoms with Gasteiger partial charge in [-0.3, -0.25) is 9.69 Å². The van der Waals surface area contributed by atoms with Gasteiger partial charge in [0.15, 0.2) is 17.5 Å². The van der Waals surface area contributed by atoms with Gasteiger partial charge in [0.05, 0.1) is 12.2 Å². The molecule has 3 nitrogen and oxygen atoms in total. The quantitative estimate of drug-likeness (QED) is 0.859. The first kappa shape index (κ1) is 15.5. The zero-order valence-corrected chi connectivity index (χ0v) is 12.0. The third-order valence-electron chi connectivity index (χ3n) is 2.76. The molecule has 0 atom stereocenters. The second kappa shape index (κ2) is 6.73. The second-order valence-corrected chi connectivity index (χ2v) is 5.36. The molecule has 1 heterocycles. The lowest BCUT2D eigenvalue weighted by molar-refractivity contribution is -0.117. The Kier molecular flexibility index (Phi) is 4.98. The first-order valence-electron chi connectivity index (χ1n) is 6.10. The van der Waals surface area contributed by atoms with Gasteiger partial charge in [0.25, 0.3) is 0 Å². The average molecular weight is 314 g/mol. The summed E-state index contributed by atoms with van der Waals surface area (Å²) in [6, 6.07) is 3.70. The van der Waals surface area contributed by atoms with Crippen molar-refractivity contribution in [1.82, 2.24) is 4.90 Å². The molecule has 1 amide bonds. The van der Waals surface area contributed by atoms with Gasteiger partial charge < -0.3 is 5.32 Å². The highest BCUT2D eigenvalue weighted by atomic mass is 32.1. The minimum atomic E-state index is -1.60. The molecule has 1 aromatic carbocycles. The molecule has 0 aliphatic rings. The lowest BCUT2D eigenvalue weighted by atomic mass is 10.2. The Hall–Kier alpha value is -1.86. The molecule has 0 fully saturated rings. The Labute approximate surface area is 124 Å². The number of rotatable bonds is 5. The summed E-state index contributed by atoms with van der Waals surface area (Å²) in [6.07, 6.45) is 0. The molecule has 0 spiro atoms. The van der Waals surface area contributed by atoms with Gasteiger partial charge in [-0.15, -0.1) is 0 Å². The Morgan fingerprint density at radius 1 is 1.24 bits per heavy atom. The summed E-state index contributed by atoms with van der Waals surface area (Å²) in [5.41, 5.74) is 0.692. The molecule has 0 radical (unpaired) electrons. The number of thiophene rings is 1. The van der Waals surface area contributed by atoms with Crippen molar-refractivity contribution in [1.29, 1.82) is 0 Å². The molecule has 2 aromatic rings. The third kappa shape index (κ3) is 4.05. The summed E-state index contributed by atoms with van der Waals surface area (Å²) >= 11 is 1.55. The molecule has 0 unspecified atom stereocenters. The highest BCUT2D eigenvalue weighted by molar-refractivity contribution is 7.07. The zero-order valence-electron chi connectivity index (χ0n) is 11.2. The number of halogens is 3. The highest BCUT2D eigenvalue weighted by Crippen LogP contribution is 2.19. The number of carbonyl (C=O) groups excluding carboxylic acids is 1. The van der Waals surface area contributed by atoms with Crippen molar-refractivity contribution in [3.63, 3.8) is 0 Å². The molecular weight excluding hydrogens is 301 g/mol. The predicted molar refractivity (Wildman–Crippen MR) is 75.6 cm³/mol. The van der Waals surface area contributed by atoms with E-state index in [0.29, 0.717) is 6.54 Å². The maximum atomic E-state index is 13.4. The van der Waals surface area contributed by atoms with Crippen molar-refractivity contribution in [2.75, 3.05) is 18.9 Å². The summed E-state index contributed by atoms with van der Waals surface area (Å²) in [4.78, 5) is 13.5. The first-order chi connectivity index (χ1) is 9.97. The first-order valence-corrected chi connectivity index (χ1v) is 7.04. The van der Waals surface area contributed by atoms with Gasteiger partial charge in [0.1, 0.15) is 0 Å². The summed E-state index contributed by atoms with van der Waals surface area (Å²) in [5.74, 6) is -4.79. The van der Waals surface area contributed by atoms with Gasteiger partial charge in [-0.1, -0.05) is 0 Å². The van der Waals surface area contributed by atoms with E-state index < -0.39 is 23.4 Å². The van der Waals surface area contributed by atoms with E-state index in [0.717, 1.165) is 17.7 Å². The maximum absolute atomic E-state index is 13.4. The fourth-order valence-corrected chi connectivity index (χ4v) is 2.47. The van der Waals surface area contributed by atoms with Crippen LogP contribution >= 0.6 is 11.3 Å². The van der Waals surface area contributed by atoms with E-state index in [1.165, 1.54) is 0 Å². The van der Waals surface area contributed by atoms with E-state index >= 15 is 0 Å². The van der Waals surface area contributed by atoms with Crippen molar-refractivity contribution in [3.05, 3.63) is 52.0 Å². The van der Waals surface area contributed by atoms with Crippen molar-refractivity contribution in [2.45, 2.75) is 6.54 Å². The van der Waals surface area contributed by atoms with Gasteiger partial charge in [-0.2, -0.15) is 11.3 Å². The molecule has 0 aliphatic carbocycles. The lowest BCUT2D eigenvalue weighted by Crippen LogP contribution is -2.30. The van der Waals surface area contributed by atoms with Gasteiger partial charge in [0.2, 0.25) is 5.91 Å². The Balaban J connectivity index is 1.94. The fourth-order valence-electron chi connectivity index (χ4n) is 1.81. The van der Waals surface area contributed by atoms with Crippen LogP contribution in [0.1, 0.15) is 5.56 Å². The van der Waals surface area contributed by atoms with Crippen LogP contribution in [0, 0.1) is 17.5 Å². The Morgan fingerprint density at radius 3 is 2.67 bits per heavy atom. The summed E-state index contributed by atoms with van der Waals surface area (Å²) < 4.78 is 39.3. The van der Waals surface area contributed by atoms with Gasteiger partial charge in [-0.25, -0.2) is 13.2 Å². The van der Waals surface area contributed by atoms with Crippen molar-refractivity contribution in [3.8, 4) is 0 Å². The molecule has 7 heteroatoms.